The normalized spacial score (nSPS) is 10.9. The van der Waals surface area contributed by atoms with Crippen molar-refractivity contribution in [2.45, 2.75) is 5.88 Å². The highest BCUT2D eigenvalue weighted by Gasteiger charge is 2.12. The van der Waals surface area contributed by atoms with E-state index in [0.717, 1.165) is 32.8 Å². The molecule has 0 atom stereocenters. The predicted molar refractivity (Wildman–Crippen MR) is 84.9 cm³/mol. The molecule has 5 heteroatoms. The van der Waals surface area contributed by atoms with E-state index in [9.17, 15) is 0 Å². The van der Waals surface area contributed by atoms with E-state index in [2.05, 4.69) is 25.5 Å². The zero-order valence-electron chi connectivity index (χ0n) is 10.8. The summed E-state index contributed by atoms with van der Waals surface area (Å²) in [4.78, 5) is 4.57. The quantitative estimate of drug-likeness (QED) is 0.648. The molecule has 102 valence electrons. The van der Waals surface area contributed by atoms with Crippen molar-refractivity contribution in [3.63, 3.8) is 0 Å². The summed E-state index contributed by atoms with van der Waals surface area (Å²) < 4.78 is 8.38. The van der Waals surface area contributed by atoms with Gasteiger partial charge in [-0.05, 0) is 36.4 Å². The monoisotopic (exact) mass is 350 g/mol. The van der Waals surface area contributed by atoms with E-state index in [1.165, 1.54) is 0 Å². The third kappa shape index (κ3) is 2.30. The first kappa shape index (κ1) is 13.5. The third-order valence-corrected chi connectivity index (χ3v) is 3.90. The van der Waals surface area contributed by atoms with Crippen LogP contribution in [0.5, 0.6) is 5.75 Å². The second-order valence-corrected chi connectivity index (χ2v) is 5.51. The van der Waals surface area contributed by atoms with Gasteiger partial charge in [-0.2, -0.15) is 0 Å². The number of fused-ring (bicyclic) bond motifs is 1. The molecule has 0 aliphatic rings. The van der Waals surface area contributed by atoms with Gasteiger partial charge in [-0.1, -0.05) is 15.9 Å². The summed E-state index contributed by atoms with van der Waals surface area (Å²) in [5.74, 6) is 1.97. The largest absolute Gasteiger partial charge is 0.497 e. The van der Waals surface area contributed by atoms with Gasteiger partial charge in [0, 0.05) is 16.2 Å². The summed E-state index contributed by atoms with van der Waals surface area (Å²) in [6.45, 7) is 0. The number of hydrogen-bond donors (Lipinski definition) is 0. The molecule has 0 spiro atoms. The van der Waals surface area contributed by atoms with E-state index < -0.39 is 0 Å². The van der Waals surface area contributed by atoms with Crippen molar-refractivity contribution >= 4 is 38.6 Å². The summed E-state index contributed by atoms with van der Waals surface area (Å²) in [6, 6.07) is 13.9. The molecular weight excluding hydrogens is 340 g/mol. The number of methoxy groups -OCH3 is 1. The van der Waals surface area contributed by atoms with Crippen molar-refractivity contribution in [2.24, 2.45) is 0 Å². The van der Waals surface area contributed by atoms with Crippen LogP contribution in [-0.4, -0.2) is 16.7 Å². The molecule has 0 amide bonds. The maximum atomic E-state index is 6.03. The number of halogens is 2. The number of ether oxygens (including phenoxy) is 1. The molecule has 1 heterocycles. The molecular formula is C15H12BrClN2O. The summed E-state index contributed by atoms with van der Waals surface area (Å²) in [5, 5.41) is 0. The SMILES string of the molecule is COc1ccc2nc(CCl)n(-c3ccc(Br)cc3)c2c1. The minimum Gasteiger partial charge on any atom is -0.497 e. The van der Waals surface area contributed by atoms with Crippen LogP contribution in [0.1, 0.15) is 5.82 Å². The lowest BCUT2D eigenvalue weighted by Gasteiger charge is -2.08. The molecule has 3 aromatic rings. The van der Waals surface area contributed by atoms with E-state index in [1.54, 1.807) is 7.11 Å². The van der Waals surface area contributed by atoms with Gasteiger partial charge in [0.25, 0.3) is 0 Å². The summed E-state index contributed by atoms with van der Waals surface area (Å²) in [5.41, 5.74) is 2.92. The van der Waals surface area contributed by atoms with Crippen molar-refractivity contribution < 1.29 is 4.74 Å². The van der Waals surface area contributed by atoms with Gasteiger partial charge in [-0.3, -0.25) is 4.57 Å². The van der Waals surface area contributed by atoms with E-state index in [1.807, 2.05) is 42.5 Å². The first-order valence-electron chi connectivity index (χ1n) is 6.10. The number of alkyl halides is 1. The van der Waals surface area contributed by atoms with Gasteiger partial charge in [0.05, 0.1) is 24.0 Å². The fraction of sp³-hybridized carbons (Fsp3) is 0.133. The first-order chi connectivity index (χ1) is 9.72. The van der Waals surface area contributed by atoms with Gasteiger partial charge in [-0.25, -0.2) is 4.98 Å². The predicted octanol–water partition coefficient (Wildman–Crippen LogP) is 4.54. The number of benzene rings is 2. The van der Waals surface area contributed by atoms with Gasteiger partial charge in [0.15, 0.2) is 0 Å². The van der Waals surface area contributed by atoms with Crippen molar-refractivity contribution in [3.05, 3.63) is 52.8 Å². The molecule has 0 saturated heterocycles. The Kier molecular flexibility index (Phi) is 3.68. The molecule has 0 fully saturated rings. The molecule has 0 aliphatic heterocycles. The van der Waals surface area contributed by atoms with Crippen LogP contribution in [0.3, 0.4) is 0 Å². The van der Waals surface area contributed by atoms with Gasteiger partial charge < -0.3 is 4.74 Å². The number of aromatic nitrogens is 2. The fourth-order valence-corrected chi connectivity index (χ4v) is 2.64. The van der Waals surface area contributed by atoms with E-state index in [-0.39, 0.29) is 0 Å². The standard InChI is InChI=1S/C15H12BrClN2O/c1-20-12-6-7-13-14(8-12)19(15(9-17)18-13)11-4-2-10(16)3-5-11/h2-8H,9H2,1H3. The minimum absolute atomic E-state index is 0.354. The highest BCUT2D eigenvalue weighted by Crippen LogP contribution is 2.26. The maximum absolute atomic E-state index is 6.03. The molecule has 3 rings (SSSR count). The van der Waals surface area contributed by atoms with E-state index >= 15 is 0 Å². The van der Waals surface area contributed by atoms with Gasteiger partial charge >= 0.3 is 0 Å². The Morgan fingerprint density at radius 1 is 1.20 bits per heavy atom. The molecule has 2 aromatic carbocycles. The Balaban J connectivity index is 2.28. The van der Waals surface area contributed by atoms with E-state index in [0.29, 0.717) is 5.88 Å². The van der Waals surface area contributed by atoms with Crippen LogP contribution in [0.4, 0.5) is 0 Å². The lowest BCUT2D eigenvalue weighted by Crippen LogP contribution is -1.99. The molecule has 0 aliphatic carbocycles. The van der Waals surface area contributed by atoms with Crippen molar-refractivity contribution in [1.29, 1.82) is 0 Å². The molecule has 0 unspecified atom stereocenters. The molecule has 20 heavy (non-hydrogen) atoms. The van der Waals surface area contributed by atoms with Crippen LogP contribution in [0.2, 0.25) is 0 Å². The first-order valence-corrected chi connectivity index (χ1v) is 7.43. The minimum atomic E-state index is 0.354. The Hall–Kier alpha value is -1.52. The van der Waals surface area contributed by atoms with Gasteiger partial charge in [-0.15, -0.1) is 11.6 Å². The second kappa shape index (κ2) is 5.46. The van der Waals surface area contributed by atoms with Crippen LogP contribution >= 0.6 is 27.5 Å². The zero-order chi connectivity index (χ0) is 14.1. The smallest absolute Gasteiger partial charge is 0.129 e. The molecule has 3 nitrogen and oxygen atoms in total. The summed E-state index contributed by atoms with van der Waals surface area (Å²) in [6.07, 6.45) is 0. The van der Waals surface area contributed by atoms with Gasteiger partial charge in [0.2, 0.25) is 0 Å². The van der Waals surface area contributed by atoms with Crippen molar-refractivity contribution in [3.8, 4) is 11.4 Å². The van der Waals surface area contributed by atoms with E-state index in [4.69, 9.17) is 16.3 Å². The average molecular weight is 352 g/mol. The van der Waals surface area contributed by atoms with Crippen molar-refractivity contribution in [2.75, 3.05) is 7.11 Å². The zero-order valence-corrected chi connectivity index (χ0v) is 13.1. The molecule has 0 radical (unpaired) electrons. The topological polar surface area (TPSA) is 27.1 Å². The summed E-state index contributed by atoms with van der Waals surface area (Å²) >= 11 is 9.48. The lowest BCUT2D eigenvalue weighted by atomic mass is 10.2. The third-order valence-electron chi connectivity index (χ3n) is 3.14. The molecule has 0 saturated carbocycles. The van der Waals surface area contributed by atoms with Crippen molar-refractivity contribution in [1.82, 2.24) is 9.55 Å². The molecule has 0 bridgehead atoms. The van der Waals surface area contributed by atoms with Crippen LogP contribution in [0.15, 0.2) is 46.9 Å². The van der Waals surface area contributed by atoms with Crippen LogP contribution in [0.25, 0.3) is 16.7 Å². The number of hydrogen-bond acceptors (Lipinski definition) is 2. The van der Waals surface area contributed by atoms with Crippen LogP contribution in [-0.2, 0) is 5.88 Å². The number of nitrogens with zero attached hydrogens (tertiary/aromatic N) is 2. The Labute approximate surface area is 130 Å². The van der Waals surface area contributed by atoms with Gasteiger partial charge in [0.1, 0.15) is 11.6 Å². The maximum Gasteiger partial charge on any atom is 0.129 e. The van der Waals surface area contributed by atoms with Crippen LogP contribution in [0, 0.1) is 0 Å². The Morgan fingerprint density at radius 2 is 1.95 bits per heavy atom. The number of imidazole rings is 1. The van der Waals surface area contributed by atoms with Crippen LogP contribution < -0.4 is 4.74 Å². The molecule has 1 aromatic heterocycles. The summed E-state index contributed by atoms with van der Waals surface area (Å²) in [7, 11) is 1.66. The molecule has 0 N–H and O–H groups in total. The Morgan fingerprint density at radius 3 is 2.60 bits per heavy atom. The Bertz CT molecular complexity index is 752. The second-order valence-electron chi connectivity index (χ2n) is 4.33. The number of rotatable bonds is 3. The highest BCUT2D eigenvalue weighted by atomic mass is 79.9. The highest BCUT2D eigenvalue weighted by molar-refractivity contribution is 9.10. The lowest BCUT2D eigenvalue weighted by molar-refractivity contribution is 0.415. The fourth-order valence-electron chi connectivity index (χ4n) is 2.20. The average Bonchev–Trinajstić information content (AvgIpc) is 2.85.